The molecule has 0 heterocycles. The van der Waals surface area contributed by atoms with Crippen molar-refractivity contribution < 1.29 is 39.6 Å². The van der Waals surface area contributed by atoms with E-state index in [4.69, 9.17) is 19.2 Å². The maximum Gasteiger partial charge on any atom is 4.00 e. The van der Waals surface area contributed by atoms with E-state index in [-0.39, 0.29) is 20.4 Å². The molecule has 0 aromatic rings. The third-order valence-electron chi connectivity index (χ3n) is 0. The quantitative estimate of drug-likeness (QED) is 0.364. The van der Waals surface area contributed by atoms with Crippen molar-refractivity contribution in [2.75, 3.05) is 0 Å². The standard InChI is InChI=1S/O4Si.Pd/c1-5(2,3)4;/q-4;+4. The van der Waals surface area contributed by atoms with Crippen LogP contribution in [0, 0.1) is 0 Å². The Hall–Kier alpha value is 0.719. The predicted molar refractivity (Wildman–Crippen MR) is 5.75 cm³/mol. The summed E-state index contributed by atoms with van der Waals surface area (Å²) in [6.45, 7) is 0. The van der Waals surface area contributed by atoms with Crippen molar-refractivity contribution >= 4 is 9.05 Å². The average Bonchev–Trinajstić information content (AvgIpc) is 0.722. The van der Waals surface area contributed by atoms with Crippen LogP contribution in [0.5, 0.6) is 0 Å². The van der Waals surface area contributed by atoms with Crippen LogP contribution in [0.3, 0.4) is 0 Å². The van der Waals surface area contributed by atoms with Gasteiger partial charge in [-0.3, -0.25) is 0 Å². The van der Waals surface area contributed by atoms with Crippen molar-refractivity contribution in [1.82, 2.24) is 0 Å². The Morgan fingerprint density at radius 2 is 0.833 bits per heavy atom. The SMILES string of the molecule is [O-][Si]([O-])([O-])[O-].[Pd+4]. The molecule has 6 heteroatoms. The third kappa shape index (κ3) is 126. The van der Waals surface area contributed by atoms with Crippen molar-refractivity contribution in [3.63, 3.8) is 0 Å². The Labute approximate surface area is 49.2 Å². The molecule has 0 fully saturated rings. The minimum Gasteiger partial charge on any atom is -0.894 e. The van der Waals surface area contributed by atoms with E-state index in [1.54, 1.807) is 0 Å². The van der Waals surface area contributed by atoms with Gasteiger partial charge in [0.15, 0.2) is 0 Å². The van der Waals surface area contributed by atoms with Gasteiger partial charge < -0.3 is 28.2 Å². The molecule has 0 aliphatic heterocycles. The molecule has 0 radical (unpaired) electrons. The monoisotopic (exact) mass is 198 g/mol. The fraction of sp³-hybridized carbons (Fsp3) is 0. The number of hydrogen-bond acceptors (Lipinski definition) is 4. The topological polar surface area (TPSA) is 92.2 Å². The summed E-state index contributed by atoms with van der Waals surface area (Å²) in [6.07, 6.45) is 0. The van der Waals surface area contributed by atoms with Crippen molar-refractivity contribution in [3.05, 3.63) is 0 Å². The summed E-state index contributed by atoms with van der Waals surface area (Å²) in [5.41, 5.74) is 0. The second-order valence-corrected chi connectivity index (χ2v) is 1.50. The summed E-state index contributed by atoms with van der Waals surface area (Å²) in [5.74, 6) is 0. The second kappa shape index (κ2) is 2.82. The van der Waals surface area contributed by atoms with Gasteiger partial charge in [-0.25, -0.2) is 0 Å². The zero-order valence-electron chi connectivity index (χ0n) is 2.45. The molecule has 0 rings (SSSR count). The van der Waals surface area contributed by atoms with Crippen molar-refractivity contribution in [2.24, 2.45) is 0 Å². The molecule has 0 saturated carbocycles. The molecule has 0 aliphatic rings. The maximum absolute atomic E-state index is 8.58. The van der Waals surface area contributed by atoms with Crippen LogP contribution in [0.2, 0.25) is 0 Å². The molecule has 4 nitrogen and oxygen atoms in total. The molecule has 0 atom stereocenters. The summed E-state index contributed by atoms with van der Waals surface area (Å²) in [5, 5.41) is 0. The van der Waals surface area contributed by atoms with Gasteiger partial charge in [0.05, 0.1) is 0 Å². The molecular weight excluding hydrogens is 199 g/mol. The van der Waals surface area contributed by atoms with Gasteiger partial charge in [-0.15, -0.1) is 0 Å². The fourth-order valence-corrected chi connectivity index (χ4v) is 0. The number of rotatable bonds is 0. The smallest absolute Gasteiger partial charge is 0.894 e. The Bertz CT molecular complexity index is 23.0. The van der Waals surface area contributed by atoms with Crippen LogP contribution in [0.25, 0.3) is 0 Å². The molecule has 0 saturated heterocycles. The van der Waals surface area contributed by atoms with E-state index in [0.717, 1.165) is 0 Å². The number of hydrogen-bond donors (Lipinski definition) is 0. The first kappa shape index (κ1) is 9.87. The van der Waals surface area contributed by atoms with Crippen LogP contribution < -0.4 is 19.2 Å². The predicted octanol–water partition coefficient (Wildman–Crippen LogP) is -5.14. The summed E-state index contributed by atoms with van der Waals surface area (Å²) < 4.78 is 0. The van der Waals surface area contributed by atoms with Gasteiger partial charge in [-0.05, 0) is 0 Å². The van der Waals surface area contributed by atoms with Gasteiger partial charge in [0.2, 0.25) is 0 Å². The first-order valence-corrected chi connectivity index (χ1v) is 2.45. The van der Waals surface area contributed by atoms with Crippen LogP contribution in [0.4, 0.5) is 0 Å². The first-order valence-electron chi connectivity index (χ1n) is 0.816. The largest absolute Gasteiger partial charge is 4.00 e. The van der Waals surface area contributed by atoms with E-state index < -0.39 is 9.05 Å². The van der Waals surface area contributed by atoms with E-state index in [9.17, 15) is 0 Å². The van der Waals surface area contributed by atoms with Crippen molar-refractivity contribution in [1.29, 1.82) is 0 Å². The van der Waals surface area contributed by atoms with Gasteiger partial charge >= 0.3 is 20.4 Å². The Morgan fingerprint density at radius 1 is 0.833 bits per heavy atom. The molecule has 0 unspecified atom stereocenters. The summed E-state index contributed by atoms with van der Waals surface area (Å²) >= 11 is 0. The van der Waals surface area contributed by atoms with E-state index in [0.29, 0.717) is 0 Å². The van der Waals surface area contributed by atoms with Crippen LogP contribution in [0.15, 0.2) is 0 Å². The molecule has 0 amide bonds. The zero-order chi connectivity index (χ0) is 4.50. The third-order valence-corrected chi connectivity index (χ3v) is 0. The van der Waals surface area contributed by atoms with Crippen LogP contribution in [-0.4, -0.2) is 9.05 Å². The maximum atomic E-state index is 8.58. The van der Waals surface area contributed by atoms with Gasteiger partial charge in [-0.2, -0.15) is 0 Å². The average molecular weight is 199 g/mol. The molecule has 0 bridgehead atoms. The minimum atomic E-state index is -5.61. The van der Waals surface area contributed by atoms with Crippen molar-refractivity contribution in [2.45, 2.75) is 0 Å². The zero-order valence-corrected chi connectivity index (χ0v) is 5.00. The molecule has 0 aromatic heterocycles. The van der Waals surface area contributed by atoms with Gasteiger partial charge in [0.25, 0.3) is 0 Å². The Kier molecular flexibility index (Phi) is 4.64. The molecular formula is O4PdSi. The molecule has 38 valence electrons. The molecule has 0 aromatic carbocycles. The van der Waals surface area contributed by atoms with Gasteiger partial charge in [-0.1, -0.05) is 0 Å². The van der Waals surface area contributed by atoms with E-state index >= 15 is 0 Å². The minimum absolute atomic E-state index is 0. The van der Waals surface area contributed by atoms with E-state index in [1.807, 2.05) is 0 Å². The molecule has 6 heavy (non-hydrogen) atoms. The van der Waals surface area contributed by atoms with E-state index in [1.165, 1.54) is 0 Å². The second-order valence-electron chi connectivity index (χ2n) is 0.500. The normalized spacial score (nSPS) is 10.0. The molecule has 0 N–H and O–H groups in total. The molecule has 0 spiro atoms. The van der Waals surface area contributed by atoms with Gasteiger partial charge in [0.1, 0.15) is 0 Å². The fourth-order valence-electron chi connectivity index (χ4n) is 0. The molecule has 0 aliphatic carbocycles. The Morgan fingerprint density at radius 3 is 0.833 bits per heavy atom. The summed E-state index contributed by atoms with van der Waals surface area (Å²) in [4.78, 5) is 34.3. The first-order chi connectivity index (χ1) is 2.00. The van der Waals surface area contributed by atoms with Crippen molar-refractivity contribution in [3.8, 4) is 0 Å². The van der Waals surface area contributed by atoms with Crippen LogP contribution >= 0.6 is 0 Å². The van der Waals surface area contributed by atoms with Crippen LogP contribution in [0.1, 0.15) is 0 Å². The van der Waals surface area contributed by atoms with E-state index in [2.05, 4.69) is 0 Å². The summed E-state index contributed by atoms with van der Waals surface area (Å²) in [6, 6.07) is 0. The van der Waals surface area contributed by atoms with Crippen LogP contribution in [-0.2, 0) is 20.4 Å². The van der Waals surface area contributed by atoms with Gasteiger partial charge in [0, 0.05) is 0 Å². The summed E-state index contributed by atoms with van der Waals surface area (Å²) in [7, 11) is -5.61. The Balaban J connectivity index is 0.